The van der Waals surface area contributed by atoms with Crippen molar-refractivity contribution in [3.05, 3.63) is 54.1 Å². The monoisotopic (exact) mass is 334 g/mol. The van der Waals surface area contributed by atoms with E-state index in [-0.39, 0.29) is 10.8 Å². The van der Waals surface area contributed by atoms with Gasteiger partial charge >= 0.3 is 0 Å². The Bertz CT molecular complexity index is 801. The van der Waals surface area contributed by atoms with Crippen LogP contribution in [0, 0.1) is 6.92 Å². The van der Waals surface area contributed by atoms with Gasteiger partial charge in [-0.05, 0) is 55.8 Å². The number of benzene rings is 2. The number of primary sulfonamides is 1. The van der Waals surface area contributed by atoms with Crippen LogP contribution in [0.5, 0.6) is 5.75 Å². The molecule has 6 nitrogen and oxygen atoms in total. The second kappa shape index (κ2) is 6.80. The van der Waals surface area contributed by atoms with Gasteiger partial charge in [0, 0.05) is 5.69 Å². The van der Waals surface area contributed by atoms with Crippen LogP contribution in [0.1, 0.15) is 12.5 Å². The number of anilines is 1. The van der Waals surface area contributed by atoms with Crippen LogP contribution in [0.4, 0.5) is 5.69 Å². The molecule has 0 aliphatic heterocycles. The molecule has 0 spiro atoms. The molecule has 0 saturated carbocycles. The van der Waals surface area contributed by atoms with Crippen LogP contribution in [0.3, 0.4) is 0 Å². The Morgan fingerprint density at radius 3 is 2.39 bits per heavy atom. The highest BCUT2D eigenvalue weighted by atomic mass is 32.2. The summed E-state index contributed by atoms with van der Waals surface area (Å²) in [6, 6.07) is 13.0. The predicted molar refractivity (Wildman–Crippen MR) is 87.7 cm³/mol. The zero-order valence-electron chi connectivity index (χ0n) is 12.8. The summed E-state index contributed by atoms with van der Waals surface area (Å²) in [5, 5.41) is 7.67. The van der Waals surface area contributed by atoms with Crippen molar-refractivity contribution in [3.63, 3.8) is 0 Å². The van der Waals surface area contributed by atoms with Gasteiger partial charge in [0.25, 0.3) is 5.91 Å². The number of hydrogen-bond acceptors (Lipinski definition) is 4. The van der Waals surface area contributed by atoms with Crippen molar-refractivity contribution in [1.29, 1.82) is 0 Å². The smallest absolute Gasteiger partial charge is 0.265 e. The average molecular weight is 334 g/mol. The summed E-state index contributed by atoms with van der Waals surface area (Å²) >= 11 is 0. The SMILES string of the molecule is Cc1cccc(O[C@H](C)C(=O)Nc2ccc(S(N)(=O)=O)cc2)c1. The van der Waals surface area contributed by atoms with Gasteiger partial charge in [-0.3, -0.25) is 4.79 Å². The van der Waals surface area contributed by atoms with Gasteiger partial charge in [-0.2, -0.15) is 0 Å². The molecule has 0 aliphatic rings. The Morgan fingerprint density at radius 1 is 1.17 bits per heavy atom. The van der Waals surface area contributed by atoms with Gasteiger partial charge in [0.15, 0.2) is 6.10 Å². The molecule has 7 heteroatoms. The van der Waals surface area contributed by atoms with Crippen molar-refractivity contribution in [2.75, 3.05) is 5.32 Å². The maximum Gasteiger partial charge on any atom is 0.265 e. The predicted octanol–water partition coefficient (Wildman–Crippen LogP) is 2.05. The van der Waals surface area contributed by atoms with E-state index in [4.69, 9.17) is 9.88 Å². The molecular weight excluding hydrogens is 316 g/mol. The molecule has 1 amide bonds. The third-order valence-corrected chi connectivity index (χ3v) is 4.05. The second-order valence-corrected chi connectivity index (χ2v) is 6.70. The first-order chi connectivity index (χ1) is 10.8. The fraction of sp³-hybridized carbons (Fsp3) is 0.188. The van der Waals surface area contributed by atoms with Crippen molar-refractivity contribution in [2.45, 2.75) is 24.8 Å². The Kier molecular flexibility index (Phi) is 5.02. The number of aryl methyl sites for hydroxylation is 1. The molecule has 0 bridgehead atoms. The van der Waals surface area contributed by atoms with Crippen LogP contribution < -0.4 is 15.2 Å². The van der Waals surface area contributed by atoms with Crippen molar-refractivity contribution in [1.82, 2.24) is 0 Å². The minimum atomic E-state index is -3.75. The Hall–Kier alpha value is -2.38. The zero-order valence-corrected chi connectivity index (χ0v) is 13.6. The number of sulfonamides is 1. The highest BCUT2D eigenvalue weighted by Crippen LogP contribution is 2.16. The molecule has 0 saturated heterocycles. The molecule has 0 aliphatic carbocycles. The van der Waals surface area contributed by atoms with E-state index in [0.29, 0.717) is 11.4 Å². The largest absolute Gasteiger partial charge is 0.481 e. The van der Waals surface area contributed by atoms with E-state index in [0.717, 1.165) is 5.56 Å². The first kappa shape index (κ1) is 17.0. The van der Waals surface area contributed by atoms with Crippen molar-refractivity contribution < 1.29 is 17.9 Å². The summed E-state index contributed by atoms with van der Waals surface area (Å²) in [4.78, 5) is 12.1. The van der Waals surface area contributed by atoms with Crippen LogP contribution in [-0.2, 0) is 14.8 Å². The lowest BCUT2D eigenvalue weighted by Crippen LogP contribution is -2.30. The summed E-state index contributed by atoms with van der Waals surface area (Å²) in [7, 11) is -3.75. The third-order valence-electron chi connectivity index (χ3n) is 3.12. The maximum absolute atomic E-state index is 12.1. The number of carbonyl (C=O) groups is 1. The summed E-state index contributed by atoms with van der Waals surface area (Å²) in [5.41, 5.74) is 1.50. The van der Waals surface area contributed by atoms with Crippen LogP contribution in [0.2, 0.25) is 0 Å². The third kappa shape index (κ3) is 4.80. The molecule has 122 valence electrons. The van der Waals surface area contributed by atoms with Gasteiger partial charge in [-0.15, -0.1) is 0 Å². The van der Waals surface area contributed by atoms with Crippen LogP contribution in [-0.4, -0.2) is 20.4 Å². The number of amides is 1. The lowest BCUT2D eigenvalue weighted by molar-refractivity contribution is -0.122. The number of nitrogens with one attached hydrogen (secondary N) is 1. The average Bonchev–Trinajstić information content (AvgIpc) is 2.46. The van der Waals surface area contributed by atoms with Gasteiger partial charge in [0.2, 0.25) is 10.0 Å². The van der Waals surface area contributed by atoms with Crippen molar-refractivity contribution in [3.8, 4) is 5.75 Å². The number of rotatable bonds is 5. The summed E-state index contributed by atoms with van der Waals surface area (Å²) in [6.45, 7) is 3.57. The van der Waals surface area contributed by atoms with Crippen LogP contribution >= 0.6 is 0 Å². The molecule has 1 atom stereocenters. The number of hydrogen-bond donors (Lipinski definition) is 2. The zero-order chi connectivity index (χ0) is 17.0. The fourth-order valence-electron chi connectivity index (χ4n) is 1.92. The topological polar surface area (TPSA) is 98.5 Å². The van der Waals surface area contributed by atoms with Crippen LogP contribution in [0.25, 0.3) is 0 Å². The number of carbonyl (C=O) groups excluding carboxylic acids is 1. The van der Waals surface area contributed by atoms with E-state index in [1.807, 2.05) is 25.1 Å². The molecule has 0 radical (unpaired) electrons. The molecule has 2 rings (SSSR count). The standard InChI is InChI=1S/C16H18N2O4S/c1-11-4-3-5-14(10-11)22-12(2)16(19)18-13-6-8-15(9-7-13)23(17,20)21/h3-10,12H,1-2H3,(H,18,19)(H2,17,20,21)/t12-/m1/s1. The first-order valence-electron chi connectivity index (χ1n) is 6.93. The van der Waals surface area contributed by atoms with Gasteiger partial charge < -0.3 is 10.1 Å². The van der Waals surface area contributed by atoms with Gasteiger partial charge in [-0.25, -0.2) is 13.6 Å². The number of ether oxygens (including phenoxy) is 1. The lowest BCUT2D eigenvalue weighted by Gasteiger charge is -2.15. The lowest BCUT2D eigenvalue weighted by atomic mass is 10.2. The van der Waals surface area contributed by atoms with Gasteiger partial charge in [0.1, 0.15) is 5.75 Å². The van der Waals surface area contributed by atoms with E-state index in [1.54, 1.807) is 13.0 Å². The second-order valence-electron chi connectivity index (χ2n) is 5.14. The highest BCUT2D eigenvalue weighted by Gasteiger charge is 2.15. The summed E-state index contributed by atoms with van der Waals surface area (Å²) < 4.78 is 27.9. The molecule has 2 aromatic rings. The van der Waals surface area contributed by atoms with Crippen molar-refractivity contribution >= 4 is 21.6 Å². The molecule has 0 fully saturated rings. The molecule has 3 N–H and O–H groups in total. The molecule has 0 heterocycles. The maximum atomic E-state index is 12.1. The van der Waals surface area contributed by atoms with E-state index in [1.165, 1.54) is 24.3 Å². The Morgan fingerprint density at radius 2 is 1.83 bits per heavy atom. The molecule has 2 aromatic carbocycles. The van der Waals surface area contributed by atoms with E-state index < -0.39 is 16.1 Å². The van der Waals surface area contributed by atoms with Crippen LogP contribution in [0.15, 0.2) is 53.4 Å². The van der Waals surface area contributed by atoms with E-state index in [9.17, 15) is 13.2 Å². The molecular formula is C16H18N2O4S. The Labute approximate surface area is 135 Å². The Balaban J connectivity index is 2.01. The van der Waals surface area contributed by atoms with Gasteiger partial charge in [0.05, 0.1) is 4.90 Å². The van der Waals surface area contributed by atoms with Gasteiger partial charge in [-0.1, -0.05) is 12.1 Å². The fourth-order valence-corrected chi connectivity index (χ4v) is 2.43. The minimum absolute atomic E-state index is 0.0143. The normalized spacial score (nSPS) is 12.5. The summed E-state index contributed by atoms with van der Waals surface area (Å²) in [5.74, 6) is 0.270. The van der Waals surface area contributed by atoms with E-state index in [2.05, 4.69) is 5.32 Å². The number of nitrogens with two attached hydrogens (primary N) is 1. The molecule has 23 heavy (non-hydrogen) atoms. The first-order valence-corrected chi connectivity index (χ1v) is 8.47. The molecule has 0 aromatic heterocycles. The molecule has 0 unspecified atom stereocenters. The minimum Gasteiger partial charge on any atom is -0.481 e. The summed E-state index contributed by atoms with van der Waals surface area (Å²) in [6.07, 6.45) is -0.699. The van der Waals surface area contributed by atoms with Crippen molar-refractivity contribution in [2.24, 2.45) is 5.14 Å². The van der Waals surface area contributed by atoms with E-state index >= 15 is 0 Å². The quantitative estimate of drug-likeness (QED) is 0.874. The highest BCUT2D eigenvalue weighted by molar-refractivity contribution is 7.89.